The molecule has 1 fully saturated rings. The molecule has 8 heteroatoms. The van der Waals surface area contributed by atoms with E-state index in [1.54, 1.807) is 0 Å². The molecule has 0 unspecified atom stereocenters. The predicted molar refractivity (Wildman–Crippen MR) is 120 cm³/mol. The lowest BCUT2D eigenvalue weighted by molar-refractivity contribution is -0.116. The van der Waals surface area contributed by atoms with E-state index in [0.29, 0.717) is 12.5 Å². The van der Waals surface area contributed by atoms with Crippen LogP contribution in [0.5, 0.6) is 0 Å². The van der Waals surface area contributed by atoms with Gasteiger partial charge in [0.1, 0.15) is 11.6 Å². The largest absolute Gasteiger partial charge is 0.352 e. The van der Waals surface area contributed by atoms with Gasteiger partial charge in [-0.25, -0.2) is 8.78 Å². The first-order valence-electron chi connectivity index (χ1n) is 11.0. The molecule has 172 valence electrons. The molecule has 2 aromatic carbocycles. The van der Waals surface area contributed by atoms with Crippen molar-refractivity contribution in [3.8, 4) is 0 Å². The van der Waals surface area contributed by atoms with Crippen LogP contribution in [0.2, 0.25) is 0 Å². The third-order valence-electron chi connectivity index (χ3n) is 5.60. The van der Waals surface area contributed by atoms with Crippen molar-refractivity contribution in [3.05, 3.63) is 65.2 Å². The number of carbonyl (C=O) groups excluding carboxylic acids is 2. The molecule has 0 bridgehead atoms. The Kier molecular flexibility index (Phi) is 8.70. The summed E-state index contributed by atoms with van der Waals surface area (Å²) in [5.41, 5.74) is 1.72. The summed E-state index contributed by atoms with van der Waals surface area (Å²) < 4.78 is 26.5. The number of nitrogens with zero attached hydrogens (tertiary/aromatic N) is 2. The van der Waals surface area contributed by atoms with Crippen molar-refractivity contribution in [2.45, 2.75) is 26.3 Å². The van der Waals surface area contributed by atoms with E-state index in [0.717, 1.165) is 57.1 Å². The molecule has 3 rings (SSSR count). The monoisotopic (exact) mass is 444 g/mol. The number of carbonyl (C=O) groups is 2. The van der Waals surface area contributed by atoms with Gasteiger partial charge in [0, 0.05) is 57.4 Å². The zero-order valence-corrected chi connectivity index (χ0v) is 18.4. The fourth-order valence-electron chi connectivity index (χ4n) is 3.66. The average molecular weight is 445 g/mol. The third kappa shape index (κ3) is 7.10. The van der Waals surface area contributed by atoms with E-state index in [2.05, 4.69) is 27.4 Å². The predicted octanol–water partition coefficient (Wildman–Crippen LogP) is 3.25. The van der Waals surface area contributed by atoms with Gasteiger partial charge in [-0.1, -0.05) is 19.1 Å². The maximum atomic E-state index is 13.6. The van der Waals surface area contributed by atoms with Crippen LogP contribution in [-0.2, 0) is 11.3 Å². The summed E-state index contributed by atoms with van der Waals surface area (Å²) in [4.78, 5) is 29.0. The van der Waals surface area contributed by atoms with Crippen LogP contribution in [0.25, 0.3) is 0 Å². The van der Waals surface area contributed by atoms with Crippen LogP contribution in [0.3, 0.4) is 0 Å². The second-order valence-corrected chi connectivity index (χ2v) is 7.94. The highest BCUT2D eigenvalue weighted by Gasteiger charge is 2.15. The fourth-order valence-corrected chi connectivity index (χ4v) is 3.66. The minimum absolute atomic E-state index is 0.157. The van der Waals surface area contributed by atoms with Gasteiger partial charge in [0.25, 0.3) is 5.91 Å². The highest BCUT2D eigenvalue weighted by atomic mass is 19.1. The van der Waals surface area contributed by atoms with Gasteiger partial charge >= 0.3 is 0 Å². The third-order valence-corrected chi connectivity index (χ3v) is 5.60. The molecule has 0 radical (unpaired) electrons. The van der Waals surface area contributed by atoms with Gasteiger partial charge in [0.2, 0.25) is 5.91 Å². The molecule has 0 aromatic heterocycles. The SMILES string of the molecule is CCN1CCN(Cc2ccc(NC(=O)CCCNC(=O)c3ccc(F)cc3F)cc2)CC1. The van der Waals surface area contributed by atoms with E-state index < -0.39 is 17.5 Å². The Morgan fingerprint density at radius 3 is 2.31 bits per heavy atom. The number of nitrogens with one attached hydrogen (secondary N) is 2. The highest BCUT2D eigenvalue weighted by molar-refractivity contribution is 5.94. The number of anilines is 1. The van der Waals surface area contributed by atoms with Crippen molar-refractivity contribution in [2.24, 2.45) is 0 Å². The van der Waals surface area contributed by atoms with E-state index in [1.807, 2.05) is 24.3 Å². The number of hydrogen-bond donors (Lipinski definition) is 2. The van der Waals surface area contributed by atoms with Crippen LogP contribution in [0.15, 0.2) is 42.5 Å². The summed E-state index contributed by atoms with van der Waals surface area (Å²) in [6, 6.07) is 10.6. The summed E-state index contributed by atoms with van der Waals surface area (Å²) in [5, 5.41) is 5.39. The summed E-state index contributed by atoms with van der Waals surface area (Å²) >= 11 is 0. The van der Waals surface area contributed by atoms with Crippen molar-refractivity contribution >= 4 is 17.5 Å². The first-order valence-corrected chi connectivity index (χ1v) is 11.0. The lowest BCUT2D eigenvalue weighted by atomic mass is 10.1. The van der Waals surface area contributed by atoms with E-state index >= 15 is 0 Å². The first-order chi connectivity index (χ1) is 15.4. The number of piperazine rings is 1. The highest BCUT2D eigenvalue weighted by Crippen LogP contribution is 2.14. The summed E-state index contributed by atoms with van der Waals surface area (Å²) in [6.45, 7) is 8.74. The van der Waals surface area contributed by atoms with Crippen molar-refractivity contribution in [1.82, 2.24) is 15.1 Å². The Morgan fingerprint density at radius 1 is 0.969 bits per heavy atom. The molecule has 1 aliphatic rings. The van der Waals surface area contributed by atoms with Gasteiger partial charge in [-0.05, 0) is 42.8 Å². The Morgan fingerprint density at radius 2 is 1.66 bits per heavy atom. The second kappa shape index (κ2) is 11.7. The zero-order chi connectivity index (χ0) is 22.9. The number of hydrogen-bond acceptors (Lipinski definition) is 4. The average Bonchev–Trinajstić information content (AvgIpc) is 2.78. The molecule has 2 aromatic rings. The summed E-state index contributed by atoms with van der Waals surface area (Å²) in [5.74, 6) is -2.43. The van der Waals surface area contributed by atoms with Gasteiger partial charge in [-0.2, -0.15) is 0 Å². The summed E-state index contributed by atoms with van der Waals surface area (Å²) in [7, 11) is 0. The Hall–Kier alpha value is -2.84. The molecule has 2 N–H and O–H groups in total. The van der Waals surface area contributed by atoms with Crippen LogP contribution in [-0.4, -0.2) is 60.9 Å². The van der Waals surface area contributed by atoms with Gasteiger partial charge in [-0.3, -0.25) is 14.5 Å². The molecule has 1 saturated heterocycles. The lowest BCUT2D eigenvalue weighted by Gasteiger charge is -2.34. The maximum absolute atomic E-state index is 13.6. The number of amides is 2. The number of likely N-dealkylation sites (N-methyl/N-ethyl adjacent to an activating group) is 1. The lowest BCUT2D eigenvalue weighted by Crippen LogP contribution is -2.45. The minimum atomic E-state index is -0.910. The molecule has 1 heterocycles. The van der Waals surface area contributed by atoms with E-state index in [9.17, 15) is 18.4 Å². The van der Waals surface area contributed by atoms with Gasteiger partial charge in [0.05, 0.1) is 5.56 Å². The number of rotatable bonds is 9. The van der Waals surface area contributed by atoms with Crippen LogP contribution in [0, 0.1) is 11.6 Å². The topological polar surface area (TPSA) is 64.7 Å². The van der Waals surface area contributed by atoms with Gasteiger partial charge < -0.3 is 15.5 Å². The number of benzene rings is 2. The van der Waals surface area contributed by atoms with Gasteiger partial charge in [-0.15, -0.1) is 0 Å². The molecule has 0 saturated carbocycles. The maximum Gasteiger partial charge on any atom is 0.254 e. The molecule has 1 aliphatic heterocycles. The normalized spacial score (nSPS) is 14.8. The molecule has 6 nitrogen and oxygen atoms in total. The minimum Gasteiger partial charge on any atom is -0.352 e. The summed E-state index contributed by atoms with van der Waals surface area (Å²) in [6.07, 6.45) is 0.623. The molecule has 0 aliphatic carbocycles. The van der Waals surface area contributed by atoms with Crippen LogP contribution in [0.4, 0.5) is 14.5 Å². The Labute approximate surface area is 187 Å². The smallest absolute Gasteiger partial charge is 0.254 e. The second-order valence-electron chi connectivity index (χ2n) is 7.94. The van der Waals surface area contributed by atoms with E-state index in [-0.39, 0.29) is 24.4 Å². The molecule has 0 atom stereocenters. The number of halogens is 2. The Bertz CT molecular complexity index is 913. The van der Waals surface area contributed by atoms with Crippen LogP contribution < -0.4 is 10.6 Å². The van der Waals surface area contributed by atoms with Crippen molar-refractivity contribution in [1.29, 1.82) is 0 Å². The molecule has 2 amide bonds. The molecular weight excluding hydrogens is 414 g/mol. The Balaban J connectivity index is 1.35. The first kappa shape index (κ1) is 23.8. The van der Waals surface area contributed by atoms with Crippen molar-refractivity contribution in [2.75, 3.05) is 44.6 Å². The van der Waals surface area contributed by atoms with Crippen LogP contribution in [0.1, 0.15) is 35.7 Å². The molecule has 32 heavy (non-hydrogen) atoms. The van der Waals surface area contributed by atoms with E-state index in [1.165, 1.54) is 5.56 Å². The standard InChI is InChI=1S/C24H30F2N4O2/c1-2-29-12-14-30(15-13-29)17-18-5-8-20(9-6-18)28-23(31)4-3-11-27-24(32)21-10-7-19(25)16-22(21)26/h5-10,16H,2-4,11-15,17H2,1H3,(H,27,32)(H,28,31). The van der Waals surface area contributed by atoms with Crippen molar-refractivity contribution < 1.29 is 18.4 Å². The zero-order valence-electron chi connectivity index (χ0n) is 18.4. The quantitative estimate of drug-likeness (QED) is 0.583. The van der Waals surface area contributed by atoms with Gasteiger partial charge in [0.15, 0.2) is 0 Å². The molecule has 0 spiro atoms. The van der Waals surface area contributed by atoms with E-state index in [4.69, 9.17) is 0 Å². The molecular formula is C24H30F2N4O2. The fraction of sp³-hybridized carbons (Fsp3) is 0.417. The van der Waals surface area contributed by atoms with Crippen molar-refractivity contribution in [3.63, 3.8) is 0 Å². The van der Waals surface area contributed by atoms with Crippen LogP contribution >= 0.6 is 0 Å².